The lowest BCUT2D eigenvalue weighted by molar-refractivity contribution is -0.149. The van der Waals surface area contributed by atoms with Gasteiger partial charge in [0.2, 0.25) is 5.91 Å². The Balaban J connectivity index is 1.74. The number of methoxy groups -OCH3 is 1. The first kappa shape index (κ1) is 23.8. The second-order valence-corrected chi connectivity index (χ2v) is 9.98. The van der Waals surface area contributed by atoms with Crippen molar-refractivity contribution < 1.29 is 19.1 Å². The standard InChI is InChI=1S/C26H34N2O4S/c1-4-32-26(30)18-12-14-28(15-13-18)24(19-8-7-9-20(16-19)31-3)23-21-10-5-6-11-22(21)33-25(23)27-17(2)29/h7-9,16,18,24H,4-6,10-15H2,1-3H3,(H,27,29). The number of thiophene rings is 1. The Bertz CT molecular complexity index is 994. The van der Waals surface area contributed by atoms with Crippen LogP contribution in [0.25, 0.3) is 0 Å². The van der Waals surface area contributed by atoms with Crippen molar-refractivity contribution in [3.05, 3.63) is 45.8 Å². The van der Waals surface area contributed by atoms with Crippen LogP contribution in [0.4, 0.5) is 5.00 Å². The number of anilines is 1. The van der Waals surface area contributed by atoms with E-state index in [9.17, 15) is 9.59 Å². The van der Waals surface area contributed by atoms with Gasteiger partial charge in [0.05, 0.1) is 25.7 Å². The molecule has 178 valence electrons. The van der Waals surface area contributed by atoms with E-state index in [1.54, 1.807) is 25.4 Å². The molecule has 33 heavy (non-hydrogen) atoms. The highest BCUT2D eigenvalue weighted by Gasteiger charge is 2.35. The van der Waals surface area contributed by atoms with Gasteiger partial charge in [0.1, 0.15) is 10.8 Å². The predicted molar refractivity (Wildman–Crippen MR) is 131 cm³/mol. The molecule has 0 radical (unpaired) electrons. The number of nitrogens with one attached hydrogen (secondary N) is 1. The van der Waals surface area contributed by atoms with Crippen LogP contribution in [0.3, 0.4) is 0 Å². The first-order valence-electron chi connectivity index (χ1n) is 12.0. The molecule has 1 saturated heterocycles. The normalized spacial score (nSPS) is 17.8. The van der Waals surface area contributed by atoms with Crippen LogP contribution in [0.1, 0.15) is 67.1 Å². The molecule has 2 aliphatic rings. The largest absolute Gasteiger partial charge is 0.497 e. The first-order valence-corrected chi connectivity index (χ1v) is 12.8. The van der Waals surface area contributed by atoms with Crippen molar-refractivity contribution in [3.8, 4) is 5.75 Å². The summed E-state index contributed by atoms with van der Waals surface area (Å²) in [6, 6.07) is 8.25. The van der Waals surface area contributed by atoms with Crippen molar-refractivity contribution >= 4 is 28.2 Å². The summed E-state index contributed by atoms with van der Waals surface area (Å²) in [5.41, 5.74) is 3.78. The van der Waals surface area contributed by atoms with Crippen LogP contribution in [0.2, 0.25) is 0 Å². The molecule has 0 bridgehead atoms. The summed E-state index contributed by atoms with van der Waals surface area (Å²) in [7, 11) is 1.69. The molecule has 7 heteroatoms. The van der Waals surface area contributed by atoms with Crippen molar-refractivity contribution in [2.75, 3.05) is 32.1 Å². The Hall–Kier alpha value is -2.38. The van der Waals surface area contributed by atoms with Gasteiger partial charge in [0.25, 0.3) is 0 Å². The first-order chi connectivity index (χ1) is 16.0. The van der Waals surface area contributed by atoms with Crippen molar-refractivity contribution in [2.24, 2.45) is 5.92 Å². The molecule has 1 aliphatic heterocycles. The Morgan fingerprint density at radius 2 is 1.97 bits per heavy atom. The molecule has 1 aromatic carbocycles. The topological polar surface area (TPSA) is 67.9 Å². The van der Waals surface area contributed by atoms with Crippen molar-refractivity contribution in [3.63, 3.8) is 0 Å². The van der Waals surface area contributed by atoms with E-state index in [1.807, 2.05) is 19.1 Å². The fourth-order valence-corrected chi connectivity index (χ4v) is 6.53. The summed E-state index contributed by atoms with van der Waals surface area (Å²) in [5.74, 6) is 0.657. The number of hydrogen-bond acceptors (Lipinski definition) is 6. The van der Waals surface area contributed by atoms with Crippen LogP contribution in [-0.2, 0) is 27.2 Å². The van der Waals surface area contributed by atoms with Gasteiger partial charge in [-0.05, 0) is 81.8 Å². The van der Waals surface area contributed by atoms with E-state index in [1.165, 1.54) is 28.8 Å². The maximum Gasteiger partial charge on any atom is 0.309 e. The highest BCUT2D eigenvalue weighted by Crippen LogP contribution is 2.46. The minimum Gasteiger partial charge on any atom is -0.497 e. The highest BCUT2D eigenvalue weighted by molar-refractivity contribution is 7.16. The maximum atomic E-state index is 12.3. The molecular formula is C26H34N2O4S. The minimum absolute atomic E-state index is 0.00296. The predicted octanol–water partition coefficient (Wildman–Crippen LogP) is 4.96. The Morgan fingerprint density at radius 1 is 1.21 bits per heavy atom. The van der Waals surface area contributed by atoms with Gasteiger partial charge in [-0.25, -0.2) is 0 Å². The van der Waals surface area contributed by atoms with E-state index in [4.69, 9.17) is 9.47 Å². The van der Waals surface area contributed by atoms with Crippen LogP contribution in [-0.4, -0.2) is 43.6 Å². The van der Waals surface area contributed by atoms with Gasteiger partial charge >= 0.3 is 5.97 Å². The van der Waals surface area contributed by atoms with Gasteiger partial charge in [0, 0.05) is 17.4 Å². The molecule has 0 saturated carbocycles. The number of carbonyl (C=O) groups excluding carboxylic acids is 2. The van der Waals surface area contributed by atoms with Gasteiger partial charge in [-0.15, -0.1) is 11.3 Å². The zero-order valence-electron chi connectivity index (χ0n) is 19.8. The van der Waals surface area contributed by atoms with E-state index >= 15 is 0 Å². The SMILES string of the molecule is CCOC(=O)C1CCN(C(c2cccc(OC)c2)c2c(NC(C)=O)sc3c2CCCC3)CC1. The van der Waals surface area contributed by atoms with Gasteiger partial charge < -0.3 is 14.8 Å². The third-order valence-corrected chi connectivity index (χ3v) is 7.92. The number of piperidine rings is 1. The third kappa shape index (κ3) is 5.25. The summed E-state index contributed by atoms with van der Waals surface area (Å²) < 4.78 is 10.8. The molecule has 6 nitrogen and oxygen atoms in total. The Labute approximate surface area is 200 Å². The number of nitrogens with zero attached hydrogens (tertiary/aromatic N) is 1. The molecule has 2 aromatic rings. The summed E-state index contributed by atoms with van der Waals surface area (Å²) in [6.45, 7) is 5.46. The number of esters is 1. The van der Waals surface area contributed by atoms with Crippen LogP contribution < -0.4 is 10.1 Å². The second-order valence-electron chi connectivity index (χ2n) is 8.88. The third-order valence-electron chi connectivity index (χ3n) is 6.70. The smallest absolute Gasteiger partial charge is 0.309 e. The molecule has 2 heterocycles. The number of likely N-dealkylation sites (tertiary alicyclic amines) is 1. The number of aryl methyl sites for hydroxylation is 1. The fourth-order valence-electron chi connectivity index (χ4n) is 5.16. The molecule has 1 amide bonds. The molecule has 4 rings (SSSR count). The second kappa shape index (κ2) is 10.7. The lowest BCUT2D eigenvalue weighted by Gasteiger charge is -2.38. The van der Waals surface area contributed by atoms with Gasteiger partial charge in [-0.3, -0.25) is 14.5 Å². The molecular weight excluding hydrogens is 436 g/mol. The van der Waals surface area contributed by atoms with E-state index in [0.29, 0.717) is 6.61 Å². The number of benzene rings is 1. The summed E-state index contributed by atoms with van der Waals surface area (Å²) in [4.78, 5) is 28.3. The molecule has 1 unspecified atom stereocenters. The van der Waals surface area contributed by atoms with Crippen LogP contribution in [0.5, 0.6) is 5.75 Å². The number of fused-ring (bicyclic) bond motifs is 1. The molecule has 1 atom stereocenters. The van der Waals surface area contributed by atoms with E-state index in [2.05, 4.69) is 22.3 Å². The monoisotopic (exact) mass is 470 g/mol. The van der Waals surface area contributed by atoms with Gasteiger partial charge in [-0.2, -0.15) is 0 Å². The maximum absolute atomic E-state index is 12.3. The molecule has 1 aliphatic carbocycles. The lowest BCUT2D eigenvalue weighted by Crippen LogP contribution is -2.40. The zero-order chi connectivity index (χ0) is 23.4. The number of ether oxygens (including phenoxy) is 2. The van der Waals surface area contributed by atoms with Crippen LogP contribution in [0, 0.1) is 5.92 Å². The molecule has 1 fully saturated rings. The lowest BCUT2D eigenvalue weighted by atomic mass is 9.87. The summed E-state index contributed by atoms with van der Waals surface area (Å²) >= 11 is 1.74. The van der Waals surface area contributed by atoms with Crippen LogP contribution >= 0.6 is 11.3 Å². The quantitative estimate of drug-likeness (QED) is 0.580. The van der Waals surface area contributed by atoms with Gasteiger partial charge in [-0.1, -0.05) is 12.1 Å². The minimum atomic E-state index is -0.0815. The number of rotatable bonds is 7. The molecule has 1 aromatic heterocycles. The molecule has 0 spiro atoms. The average Bonchev–Trinajstić information content (AvgIpc) is 3.17. The van der Waals surface area contributed by atoms with Crippen molar-refractivity contribution in [1.29, 1.82) is 0 Å². The van der Waals surface area contributed by atoms with E-state index in [-0.39, 0.29) is 23.8 Å². The Kier molecular flexibility index (Phi) is 7.71. The van der Waals surface area contributed by atoms with Gasteiger partial charge in [0.15, 0.2) is 0 Å². The number of hydrogen-bond donors (Lipinski definition) is 1. The van der Waals surface area contributed by atoms with E-state index < -0.39 is 0 Å². The van der Waals surface area contributed by atoms with Crippen molar-refractivity contribution in [2.45, 2.75) is 58.4 Å². The Morgan fingerprint density at radius 3 is 2.67 bits per heavy atom. The number of amides is 1. The summed E-state index contributed by atoms with van der Waals surface area (Å²) in [6.07, 6.45) is 6.04. The van der Waals surface area contributed by atoms with E-state index in [0.717, 1.165) is 55.1 Å². The number of carbonyl (C=O) groups is 2. The fraction of sp³-hybridized carbons (Fsp3) is 0.538. The highest BCUT2D eigenvalue weighted by atomic mass is 32.1. The van der Waals surface area contributed by atoms with Crippen molar-refractivity contribution in [1.82, 2.24) is 4.90 Å². The summed E-state index contributed by atoms with van der Waals surface area (Å²) in [5, 5.41) is 4.11. The van der Waals surface area contributed by atoms with Crippen LogP contribution in [0.15, 0.2) is 24.3 Å². The zero-order valence-corrected chi connectivity index (χ0v) is 20.6. The molecule has 1 N–H and O–H groups in total. The average molecular weight is 471 g/mol.